The maximum absolute atomic E-state index is 3.50. The van der Waals surface area contributed by atoms with Gasteiger partial charge in [0.1, 0.15) is 0 Å². The first kappa shape index (κ1) is 7.56. The molecule has 1 aliphatic heterocycles. The Morgan fingerprint density at radius 1 is 1.36 bits per heavy atom. The van der Waals surface area contributed by atoms with E-state index in [9.17, 15) is 0 Å². The molecule has 2 nitrogen and oxygen atoms in total. The Morgan fingerprint density at radius 3 is 2.73 bits per heavy atom. The Bertz CT molecular complexity index is 130. The van der Waals surface area contributed by atoms with E-state index in [1.54, 1.807) is 0 Å². The van der Waals surface area contributed by atoms with Gasteiger partial charge in [0.05, 0.1) is 0 Å². The third-order valence-electron chi connectivity index (χ3n) is 2.83. The molecule has 2 fully saturated rings. The minimum Gasteiger partial charge on any atom is -0.313 e. The predicted molar refractivity (Wildman–Crippen MR) is 46.7 cm³/mol. The lowest BCUT2D eigenvalue weighted by Gasteiger charge is -2.13. The lowest BCUT2D eigenvalue weighted by Crippen LogP contribution is -2.29. The summed E-state index contributed by atoms with van der Waals surface area (Å²) in [6.45, 7) is 6.04. The first-order valence-electron chi connectivity index (χ1n) is 4.89. The molecule has 64 valence electrons. The van der Waals surface area contributed by atoms with E-state index < -0.39 is 0 Å². The molecule has 0 amide bonds. The van der Waals surface area contributed by atoms with Crippen molar-refractivity contribution in [3.8, 4) is 0 Å². The first-order valence-corrected chi connectivity index (χ1v) is 4.89. The van der Waals surface area contributed by atoms with Gasteiger partial charge < -0.3 is 5.32 Å². The molecule has 0 spiro atoms. The lowest BCUT2D eigenvalue weighted by atomic mass is 10.4. The smallest absolute Gasteiger partial charge is 0.0265 e. The van der Waals surface area contributed by atoms with Gasteiger partial charge in [0.2, 0.25) is 0 Å². The number of nitrogens with zero attached hydrogens (tertiary/aromatic N) is 1. The number of hydrogen-bond donors (Lipinski definition) is 1. The molecule has 0 bridgehead atoms. The van der Waals surface area contributed by atoms with Gasteiger partial charge in [-0.15, -0.1) is 0 Å². The van der Waals surface area contributed by atoms with Crippen molar-refractivity contribution in [1.29, 1.82) is 0 Å². The second-order valence-corrected chi connectivity index (χ2v) is 3.71. The van der Waals surface area contributed by atoms with Gasteiger partial charge in [-0.25, -0.2) is 0 Å². The van der Waals surface area contributed by atoms with Crippen LogP contribution >= 0.6 is 0 Å². The zero-order valence-corrected chi connectivity index (χ0v) is 7.34. The molecule has 2 unspecified atom stereocenters. The van der Waals surface area contributed by atoms with Crippen LogP contribution in [0.1, 0.15) is 26.2 Å². The summed E-state index contributed by atoms with van der Waals surface area (Å²) in [6, 6.07) is 1.73. The Morgan fingerprint density at radius 2 is 2.09 bits per heavy atom. The highest BCUT2D eigenvalue weighted by atomic mass is 15.2. The summed E-state index contributed by atoms with van der Waals surface area (Å²) in [4.78, 5) is 2.65. The summed E-state index contributed by atoms with van der Waals surface area (Å²) in [6.07, 6.45) is 4.25. The molecular formula is C9H18N2. The van der Waals surface area contributed by atoms with Crippen LogP contribution < -0.4 is 5.32 Å². The van der Waals surface area contributed by atoms with Crippen molar-refractivity contribution in [1.82, 2.24) is 10.2 Å². The SMILES string of the molecule is CCNC1CC1N1CCCC1. The normalized spacial score (nSPS) is 37.9. The van der Waals surface area contributed by atoms with Crippen LogP contribution in [0, 0.1) is 0 Å². The molecule has 1 heterocycles. The molecule has 2 atom stereocenters. The first-order chi connectivity index (χ1) is 5.42. The van der Waals surface area contributed by atoms with E-state index in [-0.39, 0.29) is 0 Å². The highest BCUT2D eigenvalue weighted by molar-refractivity contribution is 5.01. The Hall–Kier alpha value is -0.0800. The third-order valence-corrected chi connectivity index (χ3v) is 2.83. The van der Waals surface area contributed by atoms with Crippen molar-refractivity contribution < 1.29 is 0 Å². The van der Waals surface area contributed by atoms with Gasteiger partial charge in [-0.2, -0.15) is 0 Å². The fourth-order valence-corrected chi connectivity index (χ4v) is 2.14. The van der Waals surface area contributed by atoms with E-state index in [4.69, 9.17) is 0 Å². The summed E-state index contributed by atoms with van der Waals surface area (Å²) in [5.74, 6) is 0. The van der Waals surface area contributed by atoms with Gasteiger partial charge in [-0.3, -0.25) is 4.90 Å². The monoisotopic (exact) mass is 154 g/mol. The Kier molecular flexibility index (Phi) is 2.14. The van der Waals surface area contributed by atoms with Crippen LogP contribution in [0.3, 0.4) is 0 Å². The summed E-state index contributed by atoms with van der Waals surface area (Å²) >= 11 is 0. The largest absolute Gasteiger partial charge is 0.313 e. The van der Waals surface area contributed by atoms with Gasteiger partial charge in [0.15, 0.2) is 0 Å². The van der Waals surface area contributed by atoms with Gasteiger partial charge in [-0.05, 0) is 38.9 Å². The van der Waals surface area contributed by atoms with Crippen LogP contribution in [0.25, 0.3) is 0 Å². The van der Waals surface area contributed by atoms with Crippen molar-refractivity contribution in [3.05, 3.63) is 0 Å². The molecule has 0 radical (unpaired) electrons. The van der Waals surface area contributed by atoms with E-state index in [1.165, 1.54) is 32.4 Å². The van der Waals surface area contributed by atoms with E-state index in [0.29, 0.717) is 0 Å². The highest BCUT2D eigenvalue weighted by Crippen LogP contribution is 2.30. The molecule has 0 aromatic rings. The molecule has 1 saturated carbocycles. The standard InChI is InChI=1S/C9H18N2/c1-2-10-8-7-9(8)11-5-3-4-6-11/h8-10H,2-7H2,1H3. The maximum Gasteiger partial charge on any atom is 0.0265 e. The number of rotatable bonds is 3. The molecule has 1 N–H and O–H groups in total. The second-order valence-electron chi connectivity index (χ2n) is 3.71. The maximum atomic E-state index is 3.50. The van der Waals surface area contributed by atoms with Crippen LogP contribution in [-0.2, 0) is 0 Å². The Labute approximate surface area is 69.0 Å². The highest BCUT2D eigenvalue weighted by Gasteiger charge is 2.41. The zero-order chi connectivity index (χ0) is 7.68. The van der Waals surface area contributed by atoms with Crippen molar-refractivity contribution in [2.45, 2.75) is 38.3 Å². The van der Waals surface area contributed by atoms with E-state index in [1.807, 2.05) is 0 Å². The predicted octanol–water partition coefficient (Wildman–Crippen LogP) is 0.833. The van der Waals surface area contributed by atoms with Crippen LogP contribution in [0.4, 0.5) is 0 Å². The molecule has 2 aliphatic rings. The van der Waals surface area contributed by atoms with Crippen LogP contribution in [0.2, 0.25) is 0 Å². The summed E-state index contributed by atoms with van der Waals surface area (Å²) < 4.78 is 0. The number of likely N-dealkylation sites (tertiary alicyclic amines) is 1. The summed E-state index contributed by atoms with van der Waals surface area (Å²) in [5.41, 5.74) is 0. The molecular weight excluding hydrogens is 136 g/mol. The molecule has 1 aliphatic carbocycles. The number of nitrogens with one attached hydrogen (secondary N) is 1. The number of likely N-dealkylation sites (N-methyl/N-ethyl adjacent to an activating group) is 1. The van der Waals surface area contributed by atoms with Crippen molar-refractivity contribution >= 4 is 0 Å². The molecule has 0 aromatic heterocycles. The van der Waals surface area contributed by atoms with Crippen LogP contribution in [0.15, 0.2) is 0 Å². The number of hydrogen-bond acceptors (Lipinski definition) is 2. The quantitative estimate of drug-likeness (QED) is 0.648. The third kappa shape index (κ3) is 1.57. The molecule has 2 heteroatoms. The summed E-state index contributed by atoms with van der Waals surface area (Å²) in [7, 11) is 0. The molecule has 2 rings (SSSR count). The van der Waals surface area contributed by atoms with Crippen molar-refractivity contribution in [2.24, 2.45) is 0 Å². The van der Waals surface area contributed by atoms with Gasteiger partial charge in [-0.1, -0.05) is 6.92 Å². The summed E-state index contributed by atoms with van der Waals surface area (Å²) in [5, 5.41) is 3.50. The second kappa shape index (κ2) is 3.11. The van der Waals surface area contributed by atoms with E-state index in [0.717, 1.165) is 18.6 Å². The average Bonchev–Trinajstić information content (AvgIpc) is 2.61. The van der Waals surface area contributed by atoms with E-state index in [2.05, 4.69) is 17.1 Å². The minimum absolute atomic E-state index is 0.832. The molecule has 0 aromatic carbocycles. The Balaban J connectivity index is 1.72. The minimum atomic E-state index is 0.832. The fraction of sp³-hybridized carbons (Fsp3) is 1.00. The van der Waals surface area contributed by atoms with Crippen molar-refractivity contribution in [3.63, 3.8) is 0 Å². The van der Waals surface area contributed by atoms with Crippen molar-refractivity contribution in [2.75, 3.05) is 19.6 Å². The van der Waals surface area contributed by atoms with Gasteiger partial charge in [0.25, 0.3) is 0 Å². The zero-order valence-electron chi connectivity index (χ0n) is 7.34. The van der Waals surface area contributed by atoms with Crippen LogP contribution in [0.5, 0.6) is 0 Å². The van der Waals surface area contributed by atoms with E-state index >= 15 is 0 Å². The lowest BCUT2D eigenvalue weighted by molar-refractivity contribution is 0.316. The topological polar surface area (TPSA) is 15.3 Å². The fourth-order valence-electron chi connectivity index (χ4n) is 2.14. The molecule has 1 saturated heterocycles. The van der Waals surface area contributed by atoms with Gasteiger partial charge in [0, 0.05) is 12.1 Å². The van der Waals surface area contributed by atoms with Gasteiger partial charge >= 0.3 is 0 Å². The average molecular weight is 154 g/mol. The molecule has 11 heavy (non-hydrogen) atoms. The van der Waals surface area contributed by atoms with Crippen LogP contribution in [-0.4, -0.2) is 36.6 Å².